The Morgan fingerprint density at radius 2 is 1.81 bits per heavy atom. The molecule has 0 saturated carbocycles. The fraction of sp³-hybridized carbons (Fsp3) is 0.538. The van der Waals surface area contributed by atoms with Gasteiger partial charge in [0, 0.05) is 5.33 Å². The molecule has 3 heteroatoms. The number of halogens is 3. The lowest BCUT2D eigenvalue weighted by Gasteiger charge is -2.29. The van der Waals surface area contributed by atoms with E-state index in [1.807, 2.05) is 0 Å². The molecule has 0 bridgehead atoms. The molecule has 1 rings (SSSR count). The van der Waals surface area contributed by atoms with Crippen molar-refractivity contribution in [3.63, 3.8) is 0 Å². The molecule has 90 valence electrons. The highest BCUT2D eigenvalue weighted by Crippen LogP contribution is 2.33. The summed E-state index contributed by atoms with van der Waals surface area (Å²) >= 11 is 3.48. The van der Waals surface area contributed by atoms with Gasteiger partial charge in [0.15, 0.2) is 0 Å². The van der Waals surface area contributed by atoms with Gasteiger partial charge < -0.3 is 0 Å². The van der Waals surface area contributed by atoms with Gasteiger partial charge >= 0.3 is 0 Å². The zero-order valence-electron chi connectivity index (χ0n) is 9.69. The van der Waals surface area contributed by atoms with Crippen LogP contribution in [0.5, 0.6) is 0 Å². The van der Waals surface area contributed by atoms with Gasteiger partial charge in [-0.15, -0.1) is 0 Å². The van der Waals surface area contributed by atoms with E-state index in [0.717, 1.165) is 24.2 Å². The van der Waals surface area contributed by atoms with Gasteiger partial charge in [-0.1, -0.05) is 29.8 Å². The molecule has 0 nitrogen and oxygen atoms in total. The second-order valence-corrected chi connectivity index (χ2v) is 4.81. The van der Waals surface area contributed by atoms with Gasteiger partial charge in [-0.25, -0.2) is 8.78 Å². The van der Waals surface area contributed by atoms with Crippen LogP contribution in [-0.4, -0.2) is 5.33 Å². The maximum atomic E-state index is 13.5. The molecule has 16 heavy (non-hydrogen) atoms. The Kier molecular flexibility index (Phi) is 4.90. The summed E-state index contributed by atoms with van der Waals surface area (Å²) in [6.07, 6.45) is 2.48. The lowest BCUT2D eigenvalue weighted by atomic mass is 9.79. The number of hydrogen-bond donors (Lipinski definition) is 0. The molecule has 0 unspecified atom stereocenters. The van der Waals surface area contributed by atoms with E-state index < -0.39 is 0 Å². The molecular weight excluding hydrogens is 274 g/mol. The van der Waals surface area contributed by atoms with Crippen LogP contribution in [0.25, 0.3) is 0 Å². The molecular formula is C13H17BrF2. The average molecular weight is 291 g/mol. The van der Waals surface area contributed by atoms with Gasteiger partial charge in [0.2, 0.25) is 0 Å². The Morgan fingerprint density at radius 3 is 2.31 bits per heavy atom. The van der Waals surface area contributed by atoms with E-state index in [0.29, 0.717) is 12.0 Å². The van der Waals surface area contributed by atoms with Crippen molar-refractivity contribution in [2.75, 3.05) is 5.33 Å². The van der Waals surface area contributed by atoms with Crippen LogP contribution in [0.3, 0.4) is 0 Å². The zero-order chi connectivity index (χ0) is 12.2. The number of rotatable bonds is 5. The number of hydrogen-bond acceptors (Lipinski definition) is 0. The van der Waals surface area contributed by atoms with Crippen LogP contribution in [0.4, 0.5) is 8.78 Å². The summed E-state index contributed by atoms with van der Waals surface area (Å²) < 4.78 is 26.6. The topological polar surface area (TPSA) is 0 Å². The third kappa shape index (κ3) is 3.03. The summed E-state index contributed by atoms with van der Waals surface area (Å²) in [6, 6.07) is 3.67. The SMILES string of the molecule is CCC(CC)(CBr)Cc1cc(F)ccc1F. The van der Waals surface area contributed by atoms with Gasteiger partial charge in [0.1, 0.15) is 11.6 Å². The van der Waals surface area contributed by atoms with Crippen molar-refractivity contribution in [2.24, 2.45) is 5.41 Å². The highest BCUT2D eigenvalue weighted by molar-refractivity contribution is 9.09. The third-order valence-electron chi connectivity index (χ3n) is 3.36. The van der Waals surface area contributed by atoms with Gasteiger partial charge in [-0.3, -0.25) is 0 Å². The zero-order valence-corrected chi connectivity index (χ0v) is 11.3. The fourth-order valence-electron chi connectivity index (χ4n) is 1.82. The maximum Gasteiger partial charge on any atom is 0.126 e. The second kappa shape index (κ2) is 5.76. The number of alkyl halides is 1. The number of benzene rings is 1. The minimum atomic E-state index is -0.368. The Labute approximate surface area is 104 Å². The van der Waals surface area contributed by atoms with Crippen LogP contribution in [0.2, 0.25) is 0 Å². The summed E-state index contributed by atoms with van der Waals surface area (Å²) in [7, 11) is 0. The van der Waals surface area contributed by atoms with Crippen molar-refractivity contribution in [1.29, 1.82) is 0 Å². The van der Waals surface area contributed by atoms with Crippen LogP contribution in [0.15, 0.2) is 18.2 Å². The molecule has 0 aromatic heterocycles. The van der Waals surface area contributed by atoms with Crippen molar-refractivity contribution >= 4 is 15.9 Å². The molecule has 0 amide bonds. The van der Waals surface area contributed by atoms with Crippen molar-refractivity contribution < 1.29 is 8.78 Å². The average Bonchev–Trinajstić information content (AvgIpc) is 2.31. The largest absolute Gasteiger partial charge is 0.207 e. The van der Waals surface area contributed by atoms with Gasteiger partial charge in [0.25, 0.3) is 0 Å². The van der Waals surface area contributed by atoms with E-state index in [9.17, 15) is 8.78 Å². The lowest BCUT2D eigenvalue weighted by molar-refractivity contribution is 0.302. The maximum absolute atomic E-state index is 13.5. The quantitative estimate of drug-likeness (QED) is 0.689. The summed E-state index contributed by atoms with van der Waals surface area (Å²) in [6.45, 7) is 4.17. The van der Waals surface area contributed by atoms with Crippen LogP contribution >= 0.6 is 15.9 Å². The first-order valence-corrected chi connectivity index (χ1v) is 6.69. The molecule has 0 aliphatic rings. The first kappa shape index (κ1) is 13.6. The van der Waals surface area contributed by atoms with Crippen LogP contribution in [-0.2, 0) is 6.42 Å². The Balaban J connectivity index is 2.97. The molecule has 0 heterocycles. The summed E-state index contributed by atoms with van der Waals surface area (Å²) in [4.78, 5) is 0. The van der Waals surface area contributed by atoms with Crippen molar-refractivity contribution in [3.8, 4) is 0 Å². The predicted molar refractivity (Wildman–Crippen MR) is 66.9 cm³/mol. The molecule has 0 aliphatic carbocycles. The smallest absolute Gasteiger partial charge is 0.126 e. The van der Waals surface area contributed by atoms with Crippen LogP contribution in [0, 0.1) is 17.0 Å². The normalized spacial score (nSPS) is 11.8. The molecule has 0 N–H and O–H groups in total. The van der Waals surface area contributed by atoms with E-state index in [1.54, 1.807) is 0 Å². The van der Waals surface area contributed by atoms with Crippen LogP contribution in [0.1, 0.15) is 32.3 Å². The molecule has 0 spiro atoms. The Bertz CT molecular complexity index is 338. The summed E-state index contributed by atoms with van der Waals surface area (Å²) in [5.74, 6) is -0.680. The van der Waals surface area contributed by atoms with Crippen molar-refractivity contribution in [3.05, 3.63) is 35.4 Å². The van der Waals surface area contributed by atoms with Crippen molar-refractivity contribution in [1.82, 2.24) is 0 Å². The lowest BCUT2D eigenvalue weighted by Crippen LogP contribution is -2.24. The molecule has 0 radical (unpaired) electrons. The van der Waals surface area contributed by atoms with Crippen LogP contribution < -0.4 is 0 Å². The minimum absolute atomic E-state index is 0.0225. The van der Waals surface area contributed by atoms with Gasteiger partial charge in [-0.2, -0.15) is 0 Å². The molecule has 0 saturated heterocycles. The van der Waals surface area contributed by atoms with Crippen molar-refractivity contribution in [2.45, 2.75) is 33.1 Å². The monoisotopic (exact) mass is 290 g/mol. The molecule has 1 aromatic carbocycles. The van der Waals surface area contributed by atoms with E-state index >= 15 is 0 Å². The minimum Gasteiger partial charge on any atom is -0.207 e. The summed E-state index contributed by atoms with van der Waals surface area (Å²) in [5, 5.41) is 0.808. The van der Waals surface area contributed by atoms with E-state index in [2.05, 4.69) is 29.8 Å². The Morgan fingerprint density at radius 1 is 1.19 bits per heavy atom. The molecule has 0 atom stereocenters. The van der Waals surface area contributed by atoms with Gasteiger partial charge in [0.05, 0.1) is 0 Å². The van der Waals surface area contributed by atoms with E-state index in [4.69, 9.17) is 0 Å². The standard InChI is InChI=1S/C13H17BrF2/c1-3-13(4-2,9-14)8-10-7-11(15)5-6-12(10)16/h5-7H,3-4,8-9H2,1-2H3. The van der Waals surface area contributed by atoms with Gasteiger partial charge in [-0.05, 0) is 48.4 Å². The first-order chi connectivity index (χ1) is 7.56. The van der Waals surface area contributed by atoms with E-state index in [-0.39, 0.29) is 17.0 Å². The highest BCUT2D eigenvalue weighted by atomic mass is 79.9. The predicted octanol–water partition coefficient (Wildman–Crippen LogP) is 4.71. The molecule has 1 aromatic rings. The Hall–Kier alpha value is -0.440. The van der Waals surface area contributed by atoms with E-state index in [1.165, 1.54) is 12.1 Å². The first-order valence-electron chi connectivity index (χ1n) is 5.57. The summed E-state index contributed by atoms with van der Waals surface area (Å²) in [5.41, 5.74) is 0.498. The fourth-order valence-corrected chi connectivity index (χ4v) is 2.81. The third-order valence-corrected chi connectivity index (χ3v) is 4.55. The molecule has 0 fully saturated rings. The highest BCUT2D eigenvalue weighted by Gasteiger charge is 2.26. The molecule has 0 aliphatic heterocycles. The second-order valence-electron chi connectivity index (χ2n) is 4.25.